The number of hydrogen-bond acceptors (Lipinski definition) is 3. The van der Waals surface area contributed by atoms with Crippen LogP contribution in [-0.2, 0) is 12.7 Å². The Kier molecular flexibility index (Phi) is 7.16. The van der Waals surface area contributed by atoms with Gasteiger partial charge in [0.1, 0.15) is 18.5 Å². The van der Waals surface area contributed by atoms with Crippen LogP contribution in [0.5, 0.6) is 5.75 Å². The van der Waals surface area contributed by atoms with E-state index in [0.29, 0.717) is 24.4 Å². The van der Waals surface area contributed by atoms with Crippen LogP contribution in [0, 0.1) is 0 Å². The van der Waals surface area contributed by atoms with Gasteiger partial charge >= 0.3 is 6.18 Å². The monoisotopic (exact) mass is 488 g/mol. The van der Waals surface area contributed by atoms with E-state index in [1.54, 1.807) is 24.3 Å². The quantitative estimate of drug-likeness (QED) is 0.302. The average molecular weight is 489 g/mol. The Morgan fingerprint density at radius 1 is 1.03 bits per heavy atom. The van der Waals surface area contributed by atoms with Gasteiger partial charge in [0.2, 0.25) is 0 Å². The number of ether oxygens (including phenoxy) is 1. The van der Waals surface area contributed by atoms with Crippen molar-refractivity contribution in [2.75, 3.05) is 20.2 Å². The van der Waals surface area contributed by atoms with Crippen molar-refractivity contribution in [1.82, 2.24) is 9.88 Å². The number of likely N-dealkylation sites (N-methyl/N-ethyl adjacent to an activating group) is 1. The second-order valence-corrected chi connectivity index (χ2v) is 8.71. The Hall–Kier alpha value is -3.00. The SMILES string of the molecule is CN(Cc1ccc(-c2ccc(Cl)cc2C(F)(F)F)cc1)CC(O)COc1ccc2[nH]ccc2c1. The second kappa shape index (κ2) is 10.1. The molecule has 4 aromatic rings. The van der Waals surface area contributed by atoms with E-state index in [0.717, 1.165) is 22.5 Å². The molecule has 4 nitrogen and oxygen atoms in total. The smallest absolute Gasteiger partial charge is 0.417 e. The third-order valence-electron chi connectivity index (χ3n) is 5.49. The van der Waals surface area contributed by atoms with Gasteiger partial charge in [-0.25, -0.2) is 0 Å². The summed E-state index contributed by atoms with van der Waals surface area (Å²) in [5.74, 6) is 0.685. The fraction of sp³-hybridized carbons (Fsp3) is 0.231. The number of hydrogen-bond donors (Lipinski definition) is 2. The van der Waals surface area contributed by atoms with E-state index in [1.807, 2.05) is 42.4 Å². The number of nitrogens with zero attached hydrogens (tertiary/aromatic N) is 1. The number of nitrogens with one attached hydrogen (secondary N) is 1. The van der Waals surface area contributed by atoms with Crippen molar-refractivity contribution in [3.8, 4) is 16.9 Å². The first-order valence-corrected chi connectivity index (χ1v) is 11.1. The van der Waals surface area contributed by atoms with Crippen molar-refractivity contribution in [3.05, 3.63) is 89.1 Å². The molecule has 3 aromatic carbocycles. The van der Waals surface area contributed by atoms with Crippen molar-refractivity contribution in [3.63, 3.8) is 0 Å². The number of aliphatic hydroxyl groups is 1. The van der Waals surface area contributed by atoms with Crippen LogP contribution in [0.15, 0.2) is 72.9 Å². The number of aromatic nitrogens is 1. The van der Waals surface area contributed by atoms with Crippen LogP contribution in [-0.4, -0.2) is 41.3 Å². The molecule has 178 valence electrons. The zero-order chi connectivity index (χ0) is 24.3. The summed E-state index contributed by atoms with van der Waals surface area (Å²) >= 11 is 5.77. The van der Waals surface area contributed by atoms with Crippen LogP contribution >= 0.6 is 11.6 Å². The van der Waals surface area contributed by atoms with Crippen LogP contribution < -0.4 is 4.74 Å². The maximum Gasteiger partial charge on any atom is 0.417 e. The van der Waals surface area contributed by atoms with Gasteiger partial charge in [0.05, 0.1) is 5.56 Å². The average Bonchev–Trinajstić information content (AvgIpc) is 3.25. The van der Waals surface area contributed by atoms with Gasteiger partial charge < -0.3 is 14.8 Å². The van der Waals surface area contributed by atoms with Crippen molar-refractivity contribution in [2.45, 2.75) is 18.8 Å². The number of fused-ring (bicyclic) bond motifs is 1. The van der Waals surface area contributed by atoms with Gasteiger partial charge in [0, 0.05) is 35.2 Å². The van der Waals surface area contributed by atoms with E-state index in [2.05, 4.69) is 4.98 Å². The summed E-state index contributed by atoms with van der Waals surface area (Å²) in [6.45, 7) is 1.05. The van der Waals surface area contributed by atoms with E-state index in [9.17, 15) is 18.3 Å². The van der Waals surface area contributed by atoms with Crippen molar-refractivity contribution in [1.29, 1.82) is 0 Å². The third-order valence-corrected chi connectivity index (χ3v) is 5.73. The Morgan fingerprint density at radius 2 is 1.79 bits per heavy atom. The molecule has 8 heteroatoms. The fourth-order valence-corrected chi connectivity index (χ4v) is 4.07. The Labute approximate surface area is 200 Å². The number of H-pyrrole nitrogens is 1. The molecule has 1 heterocycles. The molecule has 0 fully saturated rings. The minimum absolute atomic E-state index is 0.0434. The summed E-state index contributed by atoms with van der Waals surface area (Å²) in [5, 5.41) is 11.4. The van der Waals surface area contributed by atoms with Gasteiger partial charge in [-0.05, 0) is 60.1 Å². The van der Waals surface area contributed by atoms with Crippen LogP contribution in [0.3, 0.4) is 0 Å². The lowest BCUT2D eigenvalue weighted by Crippen LogP contribution is -2.32. The summed E-state index contributed by atoms with van der Waals surface area (Å²) in [5.41, 5.74) is 1.72. The zero-order valence-electron chi connectivity index (χ0n) is 18.4. The first-order valence-electron chi connectivity index (χ1n) is 10.7. The number of benzene rings is 3. The predicted molar refractivity (Wildman–Crippen MR) is 128 cm³/mol. The van der Waals surface area contributed by atoms with Crippen LogP contribution in [0.4, 0.5) is 13.2 Å². The lowest BCUT2D eigenvalue weighted by molar-refractivity contribution is -0.137. The van der Waals surface area contributed by atoms with Crippen LogP contribution in [0.2, 0.25) is 5.02 Å². The number of alkyl halides is 3. The minimum atomic E-state index is -4.50. The molecule has 0 aliphatic heterocycles. The highest BCUT2D eigenvalue weighted by Crippen LogP contribution is 2.38. The number of rotatable bonds is 8. The predicted octanol–water partition coefficient (Wildman–Crippen LogP) is 6.38. The van der Waals surface area contributed by atoms with Gasteiger partial charge in [0.25, 0.3) is 0 Å². The minimum Gasteiger partial charge on any atom is -0.491 e. The summed E-state index contributed by atoms with van der Waals surface area (Å²) in [4.78, 5) is 5.05. The second-order valence-electron chi connectivity index (χ2n) is 8.27. The third kappa shape index (κ3) is 5.91. The first-order chi connectivity index (χ1) is 16.2. The summed E-state index contributed by atoms with van der Waals surface area (Å²) < 4.78 is 46.0. The van der Waals surface area contributed by atoms with Gasteiger partial charge in [-0.3, -0.25) is 4.90 Å². The van der Waals surface area contributed by atoms with Gasteiger partial charge in [-0.15, -0.1) is 0 Å². The molecule has 0 amide bonds. The maximum atomic E-state index is 13.4. The molecule has 34 heavy (non-hydrogen) atoms. The number of aliphatic hydroxyl groups excluding tert-OH is 1. The van der Waals surface area contributed by atoms with Crippen LogP contribution in [0.1, 0.15) is 11.1 Å². The molecule has 4 rings (SSSR count). The zero-order valence-corrected chi connectivity index (χ0v) is 19.2. The highest BCUT2D eigenvalue weighted by molar-refractivity contribution is 6.30. The van der Waals surface area contributed by atoms with Gasteiger partial charge in [-0.1, -0.05) is 41.9 Å². The van der Waals surface area contributed by atoms with E-state index in [4.69, 9.17) is 16.3 Å². The molecule has 0 saturated carbocycles. The Morgan fingerprint density at radius 3 is 2.53 bits per heavy atom. The van der Waals surface area contributed by atoms with Crippen molar-refractivity contribution >= 4 is 22.5 Å². The Balaban J connectivity index is 1.33. The van der Waals surface area contributed by atoms with Crippen molar-refractivity contribution < 1.29 is 23.0 Å². The largest absolute Gasteiger partial charge is 0.491 e. The van der Waals surface area contributed by atoms with E-state index >= 15 is 0 Å². The van der Waals surface area contributed by atoms with Crippen molar-refractivity contribution in [2.24, 2.45) is 0 Å². The van der Waals surface area contributed by atoms with Gasteiger partial charge in [0.15, 0.2) is 0 Å². The van der Waals surface area contributed by atoms with E-state index < -0.39 is 17.8 Å². The fourth-order valence-electron chi connectivity index (χ4n) is 3.89. The molecule has 1 unspecified atom stereocenters. The summed E-state index contributed by atoms with van der Waals surface area (Å²) in [6, 6.07) is 18.3. The molecule has 0 saturated heterocycles. The number of aromatic amines is 1. The van der Waals surface area contributed by atoms with Crippen LogP contribution in [0.25, 0.3) is 22.0 Å². The molecular weight excluding hydrogens is 465 g/mol. The molecule has 0 bridgehead atoms. The lowest BCUT2D eigenvalue weighted by Gasteiger charge is -2.21. The highest BCUT2D eigenvalue weighted by Gasteiger charge is 2.33. The molecule has 0 aliphatic rings. The first kappa shape index (κ1) is 24.1. The molecule has 0 radical (unpaired) electrons. The number of halogens is 4. The normalized spacial score (nSPS) is 12.9. The van der Waals surface area contributed by atoms with E-state index in [1.165, 1.54) is 12.1 Å². The topological polar surface area (TPSA) is 48.5 Å². The van der Waals surface area contributed by atoms with E-state index in [-0.39, 0.29) is 17.2 Å². The molecule has 0 aliphatic carbocycles. The molecule has 0 spiro atoms. The van der Waals surface area contributed by atoms with Gasteiger partial charge in [-0.2, -0.15) is 13.2 Å². The summed E-state index contributed by atoms with van der Waals surface area (Å²) in [7, 11) is 1.87. The molecule has 1 atom stereocenters. The Bertz CT molecular complexity index is 1260. The molecular formula is C26H24ClF3N2O2. The maximum absolute atomic E-state index is 13.4. The lowest BCUT2D eigenvalue weighted by atomic mass is 9.98. The standard InChI is InChI=1S/C26H24ClF3N2O2/c1-32(15-21(33)16-34-22-7-9-25-19(12-22)10-11-31-25)14-17-2-4-18(5-3-17)23-8-6-20(27)13-24(23)26(28,29)30/h2-13,21,31,33H,14-16H2,1H3. The molecule has 2 N–H and O–H groups in total. The summed E-state index contributed by atoms with van der Waals surface area (Å²) in [6.07, 6.45) is -3.34. The highest BCUT2D eigenvalue weighted by atomic mass is 35.5. The molecule has 1 aromatic heterocycles.